The first-order valence-corrected chi connectivity index (χ1v) is 11.2. The zero-order valence-corrected chi connectivity index (χ0v) is 17.6. The monoisotopic (exact) mass is 444 g/mol. The predicted molar refractivity (Wildman–Crippen MR) is 115 cm³/mol. The Hall–Kier alpha value is -3.05. The molecule has 1 aromatic carbocycles. The first kappa shape index (κ1) is 20.2. The van der Waals surface area contributed by atoms with Crippen LogP contribution in [0.15, 0.2) is 40.7 Å². The fraction of sp³-hybridized carbons (Fsp3) is 0.316. The molecule has 1 fully saturated rings. The van der Waals surface area contributed by atoms with Crippen molar-refractivity contribution in [3.05, 3.63) is 46.4 Å². The van der Waals surface area contributed by atoms with Gasteiger partial charge >= 0.3 is 6.03 Å². The summed E-state index contributed by atoms with van der Waals surface area (Å²) in [6, 6.07) is 7.08. The number of hydrogen-bond donors (Lipinski definition) is 2. The van der Waals surface area contributed by atoms with Crippen LogP contribution in [0.3, 0.4) is 0 Å². The van der Waals surface area contributed by atoms with E-state index in [9.17, 15) is 9.59 Å². The first-order chi connectivity index (χ1) is 14.7. The first-order valence-electron chi connectivity index (χ1n) is 9.40. The molecule has 0 saturated carbocycles. The molecule has 3 heterocycles. The number of ether oxygens (including phenoxy) is 1. The van der Waals surface area contributed by atoms with Crippen molar-refractivity contribution < 1.29 is 14.3 Å². The molecule has 1 aliphatic heterocycles. The number of piperidine rings is 1. The van der Waals surface area contributed by atoms with Crippen LogP contribution in [0.4, 0.5) is 15.6 Å². The zero-order chi connectivity index (χ0) is 20.8. The second kappa shape index (κ2) is 9.63. The maximum Gasteiger partial charge on any atom is 0.321 e. The highest BCUT2D eigenvalue weighted by Crippen LogP contribution is 2.22. The molecule has 11 heteroatoms. The van der Waals surface area contributed by atoms with Crippen molar-refractivity contribution in [3.8, 4) is 5.75 Å². The average Bonchev–Trinajstić information content (AvgIpc) is 3.47. The lowest BCUT2D eigenvalue weighted by molar-refractivity contribution is -0.121. The minimum Gasteiger partial charge on any atom is -0.487 e. The molecule has 4 rings (SSSR count). The van der Waals surface area contributed by atoms with E-state index in [1.54, 1.807) is 22.0 Å². The fourth-order valence-corrected chi connectivity index (χ4v) is 4.10. The van der Waals surface area contributed by atoms with Crippen LogP contribution in [0, 0.1) is 5.92 Å². The number of thiazole rings is 1. The van der Waals surface area contributed by atoms with Crippen LogP contribution >= 0.6 is 22.7 Å². The third kappa shape index (κ3) is 5.30. The molecule has 3 amide bonds. The van der Waals surface area contributed by atoms with Crippen LogP contribution < -0.4 is 15.4 Å². The van der Waals surface area contributed by atoms with Gasteiger partial charge in [-0.05, 0) is 25.0 Å². The third-order valence-corrected chi connectivity index (χ3v) is 5.94. The van der Waals surface area contributed by atoms with Gasteiger partial charge in [-0.1, -0.05) is 17.4 Å². The summed E-state index contributed by atoms with van der Waals surface area (Å²) in [6.45, 7) is 1.41. The van der Waals surface area contributed by atoms with Crippen LogP contribution in [0.5, 0.6) is 5.75 Å². The lowest BCUT2D eigenvalue weighted by atomic mass is 9.96. The zero-order valence-electron chi connectivity index (χ0n) is 16.0. The van der Waals surface area contributed by atoms with Gasteiger partial charge in [0.25, 0.3) is 0 Å². The standard InChI is InChI=1S/C19H20N6O3S2/c26-17(23-18-24-21-12-30-18)13-4-6-25(7-5-13)19(27)22-14-2-1-3-16(8-14)28-9-15-10-29-11-20-15/h1-3,8,10-13H,4-7,9H2,(H,22,27)(H,23,24,26). The average molecular weight is 445 g/mol. The predicted octanol–water partition coefficient (Wildman–Crippen LogP) is 3.46. The van der Waals surface area contributed by atoms with Crippen molar-refractivity contribution in [3.63, 3.8) is 0 Å². The summed E-state index contributed by atoms with van der Waals surface area (Å²) in [5, 5.41) is 15.6. The van der Waals surface area contributed by atoms with Gasteiger partial charge in [0.15, 0.2) is 0 Å². The van der Waals surface area contributed by atoms with E-state index >= 15 is 0 Å². The van der Waals surface area contributed by atoms with Crippen LogP contribution in [0.25, 0.3) is 0 Å². The SMILES string of the molecule is O=C(Nc1nncs1)C1CCN(C(=O)Nc2cccc(OCc3cscn3)c2)CC1. The highest BCUT2D eigenvalue weighted by molar-refractivity contribution is 7.13. The van der Waals surface area contributed by atoms with Gasteiger partial charge in [-0.3, -0.25) is 4.79 Å². The lowest BCUT2D eigenvalue weighted by Crippen LogP contribution is -2.43. The largest absolute Gasteiger partial charge is 0.487 e. The molecule has 9 nitrogen and oxygen atoms in total. The number of nitrogens with zero attached hydrogens (tertiary/aromatic N) is 4. The Morgan fingerprint density at radius 2 is 2.07 bits per heavy atom. The summed E-state index contributed by atoms with van der Waals surface area (Å²) >= 11 is 2.80. The molecule has 3 aromatic rings. The number of rotatable bonds is 6. The van der Waals surface area contributed by atoms with E-state index in [2.05, 4.69) is 25.8 Å². The van der Waals surface area contributed by atoms with Crippen LogP contribution in [0.1, 0.15) is 18.5 Å². The van der Waals surface area contributed by atoms with E-state index in [0.29, 0.717) is 49.1 Å². The lowest BCUT2D eigenvalue weighted by Gasteiger charge is -2.31. The fourth-order valence-electron chi connectivity index (χ4n) is 3.11. The van der Waals surface area contributed by atoms with Gasteiger partial charge in [0.2, 0.25) is 11.0 Å². The molecular weight excluding hydrogens is 424 g/mol. The van der Waals surface area contributed by atoms with E-state index in [0.717, 1.165) is 5.69 Å². The van der Waals surface area contributed by atoms with Gasteiger partial charge in [0.1, 0.15) is 17.9 Å². The molecule has 0 radical (unpaired) electrons. The molecule has 0 aliphatic carbocycles. The molecule has 2 aromatic heterocycles. The third-order valence-electron chi connectivity index (χ3n) is 4.70. The summed E-state index contributed by atoms with van der Waals surface area (Å²) < 4.78 is 5.73. The summed E-state index contributed by atoms with van der Waals surface area (Å²) in [7, 11) is 0. The molecule has 0 bridgehead atoms. The van der Waals surface area contributed by atoms with Crippen molar-refractivity contribution in [1.29, 1.82) is 0 Å². The molecule has 1 saturated heterocycles. The highest BCUT2D eigenvalue weighted by atomic mass is 32.1. The molecule has 0 unspecified atom stereocenters. The number of aromatic nitrogens is 3. The van der Waals surface area contributed by atoms with Gasteiger partial charge in [0.05, 0.1) is 11.2 Å². The van der Waals surface area contributed by atoms with Crippen molar-refractivity contribution >= 4 is 45.4 Å². The Morgan fingerprint density at radius 1 is 1.20 bits per heavy atom. The minimum absolute atomic E-state index is 0.0724. The van der Waals surface area contributed by atoms with Gasteiger partial charge in [-0.15, -0.1) is 21.5 Å². The Labute approximate surface area is 181 Å². The Balaban J connectivity index is 1.25. The van der Waals surface area contributed by atoms with Gasteiger partial charge < -0.3 is 20.3 Å². The van der Waals surface area contributed by atoms with Gasteiger partial charge in [-0.25, -0.2) is 9.78 Å². The second-order valence-corrected chi connectivity index (χ2v) is 8.27. The smallest absolute Gasteiger partial charge is 0.321 e. The summed E-state index contributed by atoms with van der Waals surface area (Å²) in [6.07, 6.45) is 1.21. The van der Waals surface area contributed by atoms with Crippen LogP contribution in [0.2, 0.25) is 0 Å². The number of urea groups is 1. The number of likely N-dealkylation sites (tertiary alicyclic amines) is 1. The van der Waals surface area contributed by atoms with E-state index in [4.69, 9.17) is 4.74 Å². The number of carbonyl (C=O) groups is 2. The Morgan fingerprint density at radius 3 is 2.80 bits per heavy atom. The van der Waals surface area contributed by atoms with E-state index in [-0.39, 0.29) is 17.9 Å². The molecule has 156 valence electrons. The highest BCUT2D eigenvalue weighted by Gasteiger charge is 2.27. The Kier molecular flexibility index (Phi) is 6.50. The number of nitrogens with one attached hydrogen (secondary N) is 2. The summed E-state index contributed by atoms with van der Waals surface area (Å²) in [4.78, 5) is 30.8. The van der Waals surface area contributed by atoms with Crippen LogP contribution in [-0.2, 0) is 11.4 Å². The topological polar surface area (TPSA) is 109 Å². The molecular formula is C19H20N6O3S2. The van der Waals surface area contributed by atoms with Crippen molar-refractivity contribution in [1.82, 2.24) is 20.1 Å². The molecule has 1 aliphatic rings. The van der Waals surface area contributed by atoms with E-state index in [1.807, 2.05) is 23.6 Å². The number of amides is 3. The minimum atomic E-state index is -0.186. The normalized spacial score (nSPS) is 14.3. The van der Waals surface area contributed by atoms with Crippen LogP contribution in [-0.4, -0.2) is 45.1 Å². The second-order valence-electron chi connectivity index (χ2n) is 6.72. The number of carbonyl (C=O) groups excluding carboxylic acids is 2. The molecule has 2 N–H and O–H groups in total. The van der Waals surface area contributed by atoms with Crippen molar-refractivity contribution in [2.45, 2.75) is 19.4 Å². The maximum atomic E-state index is 12.6. The van der Waals surface area contributed by atoms with E-state index in [1.165, 1.54) is 22.7 Å². The van der Waals surface area contributed by atoms with Crippen molar-refractivity contribution in [2.75, 3.05) is 23.7 Å². The number of benzene rings is 1. The molecule has 30 heavy (non-hydrogen) atoms. The van der Waals surface area contributed by atoms with Gasteiger partial charge in [-0.2, -0.15) is 0 Å². The number of anilines is 2. The maximum absolute atomic E-state index is 12.6. The summed E-state index contributed by atoms with van der Waals surface area (Å²) in [5.41, 5.74) is 4.86. The molecule has 0 atom stereocenters. The number of hydrogen-bond acceptors (Lipinski definition) is 8. The van der Waals surface area contributed by atoms with E-state index < -0.39 is 0 Å². The molecule has 0 spiro atoms. The summed E-state index contributed by atoms with van der Waals surface area (Å²) in [5.74, 6) is 0.449. The quantitative estimate of drug-likeness (QED) is 0.603. The van der Waals surface area contributed by atoms with Crippen molar-refractivity contribution in [2.24, 2.45) is 5.92 Å². The Bertz CT molecular complexity index is 972. The van der Waals surface area contributed by atoms with Gasteiger partial charge in [0, 0.05) is 36.1 Å².